The van der Waals surface area contributed by atoms with Crippen molar-refractivity contribution in [2.45, 2.75) is 75.8 Å². The second-order valence-corrected chi connectivity index (χ2v) is 6.92. The predicted molar refractivity (Wildman–Crippen MR) is 75.6 cm³/mol. The van der Waals surface area contributed by atoms with Crippen molar-refractivity contribution in [2.75, 3.05) is 6.61 Å². The molecular weight excluding hydrogens is 240 g/mol. The molecule has 2 saturated carbocycles. The summed E-state index contributed by atoms with van der Waals surface area (Å²) in [5.41, 5.74) is 5.56. The number of aliphatic hydroxyl groups is 1. The highest BCUT2D eigenvalue weighted by Crippen LogP contribution is 2.33. The van der Waals surface area contributed by atoms with Gasteiger partial charge in [-0.15, -0.1) is 0 Å². The largest absolute Gasteiger partial charge is 0.394 e. The van der Waals surface area contributed by atoms with Gasteiger partial charge in [0.25, 0.3) is 0 Å². The quantitative estimate of drug-likeness (QED) is 0.726. The molecule has 0 saturated heterocycles. The maximum absolute atomic E-state index is 12.2. The van der Waals surface area contributed by atoms with Gasteiger partial charge in [0, 0.05) is 12.0 Å². The summed E-state index contributed by atoms with van der Waals surface area (Å²) in [6, 6.07) is 0. The van der Waals surface area contributed by atoms with Gasteiger partial charge in [-0.1, -0.05) is 19.8 Å². The van der Waals surface area contributed by atoms with Crippen molar-refractivity contribution >= 4 is 5.91 Å². The van der Waals surface area contributed by atoms with Crippen LogP contribution in [0.4, 0.5) is 0 Å². The molecule has 2 fully saturated rings. The van der Waals surface area contributed by atoms with Gasteiger partial charge < -0.3 is 16.2 Å². The molecule has 2 aliphatic rings. The van der Waals surface area contributed by atoms with Crippen molar-refractivity contribution in [3.8, 4) is 0 Å². The third-order valence-corrected chi connectivity index (χ3v) is 5.05. The monoisotopic (exact) mass is 268 g/mol. The Balaban J connectivity index is 1.89. The SMILES string of the molecule is CC1CCC(CO)(NC(=O)CC2(N)CCCC2)CC1. The summed E-state index contributed by atoms with van der Waals surface area (Å²) in [4.78, 5) is 12.2. The van der Waals surface area contributed by atoms with Gasteiger partial charge in [0.1, 0.15) is 0 Å². The summed E-state index contributed by atoms with van der Waals surface area (Å²) in [7, 11) is 0. The highest BCUT2D eigenvalue weighted by molar-refractivity contribution is 5.78. The first-order chi connectivity index (χ1) is 8.97. The second kappa shape index (κ2) is 5.80. The lowest BCUT2D eigenvalue weighted by atomic mass is 9.77. The molecule has 0 aliphatic heterocycles. The van der Waals surface area contributed by atoms with Crippen molar-refractivity contribution in [3.05, 3.63) is 0 Å². The molecule has 0 bridgehead atoms. The molecule has 110 valence electrons. The Morgan fingerprint density at radius 3 is 2.37 bits per heavy atom. The minimum Gasteiger partial charge on any atom is -0.394 e. The maximum atomic E-state index is 12.2. The molecule has 0 spiro atoms. The fourth-order valence-corrected chi connectivity index (χ4v) is 3.55. The lowest BCUT2D eigenvalue weighted by Crippen LogP contribution is -2.55. The van der Waals surface area contributed by atoms with E-state index in [0.717, 1.165) is 51.4 Å². The lowest BCUT2D eigenvalue weighted by molar-refractivity contribution is -0.125. The van der Waals surface area contributed by atoms with Gasteiger partial charge in [-0.25, -0.2) is 0 Å². The molecule has 0 unspecified atom stereocenters. The fraction of sp³-hybridized carbons (Fsp3) is 0.933. The number of carbonyl (C=O) groups is 1. The van der Waals surface area contributed by atoms with Gasteiger partial charge >= 0.3 is 0 Å². The van der Waals surface area contributed by atoms with E-state index in [0.29, 0.717) is 12.3 Å². The maximum Gasteiger partial charge on any atom is 0.222 e. The van der Waals surface area contributed by atoms with E-state index in [-0.39, 0.29) is 18.1 Å². The van der Waals surface area contributed by atoms with Crippen LogP contribution in [0.25, 0.3) is 0 Å². The normalized spacial score (nSPS) is 34.2. The van der Waals surface area contributed by atoms with E-state index in [1.165, 1.54) is 0 Å². The van der Waals surface area contributed by atoms with E-state index >= 15 is 0 Å². The molecule has 0 aromatic rings. The van der Waals surface area contributed by atoms with Crippen LogP contribution in [0, 0.1) is 5.92 Å². The summed E-state index contributed by atoms with van der Waals surface area (Å²) in [6.45, 7) is 2.28. The average Bonchev–Trinajstić information content (AvgIpc) is 2.79. The molecule has 2 rings (SSSR count). The number of nitrogens with two attached hydrogens (primary N) is 1. The molecule has 0 atom stereocenters. The number of hydrogen-bond donors (Lipinski definition) is 3. The van der Waals surface area contributed by atoms with Crippen LogP contribution in [0.3, 0.4) is 0 Å². The number of amides is 1. The topological polar surface area (TPSA) is 75.3 Å². The van der Waals surface area contributed by atoms with Crippen LogP contribution in [0.2, 0.25) is 0 Å². The van der Waals surface area contributed by atoms with E-state index in [1.807, 2.05) is 0 Å². The fourth-order valence-electron chi connectivity index (χ4n) is 3.55. The van der Waals surface area contributed by atoms with Gasteiger partial charge in [-0.3, -0.25) is 4.79 Å². The Morgan fingerprint density at radius 2 is 1.84 bits per heavy atom. The third-order valence-electron chi connectivity index (χ3n) is 5.05. The van der Waals surface area contributed by atoms with Crippen molar-refractivity contribution < 1.29 is 9.90 Å². The minimum atomic E-state index is -0.390. The number of hydrogen-bond acceptors (Lipinski definition) is 3. The molecule has 4 heteroatoms. The summed E-state index contributed by atoms with van der Waals surface area (Å²) < 4.78 is 0. The first-order valence-electron chi connectivity index (χ1n) is 7.68. The van der Waals surface area contributed by atoms with Crippen molar-refractivity contribution in [1.29, 1.82) is 0 Å². The molecule has 0 aromatic carbocycles. The zero-order valence-electron chi connectivity index (χ0n) is 12.1. The van der Waals surface area contributed by atoms with Crippen molar-refractivity contribution in [1.82, 2.24) is 5.32 Å². The Morgan fingerprint density at radius 1 is 1.26 bits per heavy atom. The van der Waals surface area contributed by atoms with Crippen molar-refractivity contribution in [3.63, 3.8) is 0 Å². The van der Waals surface area contributed by atoms with Gasteiger partial charge in [-0.2, -0.15) is 0 Å². The zero-order chi connectivity index (χ0) is 13.9. The number of aliphatic hydroxyl groups excluding tert-OH is 1. The smallest absolute Gasteiger partial charge is 0.222 e. The standard InChI is InChI=1S/C15H28N2O2/c1-12-4-8-15(11-18,9-5-12)17-13(19)10-14(16)6-2-3-7-14/h12,18H,2-11,16H2,1H3,(H,17,19). The lowest BCUT2D eigenvalue weighted by Gasteiger charge is -2.39. The van der Waals surface area contributed by atoms with Gasteiger partial charge in [0.15, 0.2) is 0 Å². The van der Waals surface area contributed by atoms with E-state index in [9.17, 15) is 9.90 Å². The zero-order valence-corrected chi connectivity index (χ0v) is 12.1. The first-order valence-corrected chi connectivity index (χ1v) is 7.68. The molecule has 2 aliphatic carbocycles. The average molecular weight is 268 g/mol. The molecule has 1 amide bonds. The second-order valence-electron chi connectivity index (χ2n) is 6.92. The van der Waals surface area contributed by atoms with E-state index in [2.05, 4.69) is 12.2 Å². The molecule has 0 radical (unpaired) electrons. The number of carbonyl (C=O) groups excluding carboxylic acids is 1. The van der Waals surface area contributed by atoms with Crippen LogP contribution in [0.1, 0.15) is 64.7 Å². The number of rotatable bonds is 4. The molecule has 4 nitrogen and oxygen atoms in total. The Bertz CT molecular complexity index is 316. The Labute approximate surface area is 116 Å². The van der Waals surface area contributed by atoms with Gasteiger partial charge in [0.2, 0.25) is 5.91 Å². The van der Waals surface area contributed by atoms with E-state index in [1.54, 1.807) is 0 Å². The van der Waals surface area contributed by atoms with E-state index < -0.39 is 5.54 Å². The summed E-state index contributed by atoms with van der Waals surface area (Å²) in [6.07, 6.45) is 8.49. The summed E-state index contributed by atoms with van der Waals surface area (Å²) in [5.74, 6) is 0.722. The molecule has 0 aromatic heterocycles. The highest BCUT2D eigenvalue weighted by atomic mass is 16.3. The third kappa shape index (κ3) is 3.69. The molecule has 19 heavy (non-hydrogen) atoms. The van der Waals surface area contributed by atoms with Crippen LogP contribution in [0.5, 0.6) is 0 Å². The highest BCUT2D eigenvalue weighted by Gasteiger charge is 2.37. The van der Waals surface area contributed by atoms with Crippen LogP contribution < -0.4 is 11.1 Å². The molecule has 0 heterocycles. The van der Waals surface area contributed by atoms with Crippen LogP contribution >= 0.6 is 0 Å². The van der Waals surface area contributed by atoms with Crippen LogP contribution in [0.15, 0.2) is 0 Å². The predicted octanol–water partition coefficient (Wildman–Crippen LogP) is 1.71. The first kappa shape index (κ1) is 14.8. The molecule has 4 N–H and O–H groups in total. The van der Waals surface area contributed by atoms with Gasteiger partial charge in [-0.05, 0) is 44.4 Å². The number of nitrogens with one attached hydrogen (secondary N) is 1. The molecular formula is C15H28N2O2. The Kier molecular flexibility index (Phi) is 4.51. The van der Waals surface area contributed by atoms with Crippen molar-refractivity contribution in [2.24, 2.45) is 11.7 Å². The minimum absolute atomic E-state index is 0.0213. The van der Waals surface area contributed by atoms with Crippen LogP contribution in [-0.4, -0.2) is 28.7 Å². The van der Waals surface area contributed by atoms with Gasteiger partial charge in [0.05, 0.1) is 12.1 Å². The summed E-state index contributed by atoms with van der Waals surface area (Å²) in [5, 5.41) is 12.7. The Hall–Kier alpha value is -0.610. The van der Waals surface area contributed by atoms with E-state index in [4.69, 9.17) is 5.73 Å². The summed E-state index contributed by atoms with van der Waals surface area (Å²) >= 11 is 0. The van der Waals surface area contributed by atoms with Crippen LogP contribution in [-0.2, 0) is 4.79 Å².